The molecule has 1 aromatic heterocycles. The molecule has 0 bridgehead atoms. The van der Waals surface area contributed by atoms with E-state index in [4.69, 9.17) is 26.8 Å². The molecule has 0 saturated heterocycles. The first-order valence-corrected chi connectivity index (χ1v) is 10.6. The van der Waals surface area contributed by atoms with Crippen molar-refractivity contribution in [2.24, 2.45) is 5.73 Å². The van der Waals surface area contributed by atoms with Gasteiger partial charge in [0.1, 0.15) is 11.3 Å². The van der Waals surface area contributed by atoms with Gasteiger partial charge in [-0.2, -0.15) is 0 Å². The van der Waals surface area contributed by atoms with Gasteiger partial charge in [0.25, 0.3) is 5.56 Å². The molecule has 1 aliphatic rings. The van der Waals surface area contributed by atoms with Crippen LogP contribution in [-0.2, 0) is 22.5 Å². The number of ether oxygens (including phenoxy) is 2. The van der Waals surface area contributed by atoms with Crippen LogP contribution in [0.1, 0.15) is 28.3 Å². The van der Waals surface area contributed by atoms with Crippen LogP contribution in [0.2, 0.25) is 5.02 Å². The van der Waals surface area contributed by atoms with Crippen LogP contribution in [0.3, 0.4) is 0 Å². The van der Waals surface area contributed by atoms with E-state index in [1.807, 2.05) is 37.3 Å². The third-order valence-electron chi connectivity index (χ3n) is 5.66. The number of pyridine rings is 1. The zero-order valence-corrected chi connectivity index (χ0v) is 18.6. The average Bonchev–Trinajstić information content (AvgIpc) is 2.78. The van der Waals surface area contributed by atoms with E-state index in [2.05, 4.69) is 0 Å². The number of nitrogens with two attached hydrogens (primary N) is 1. The summed E-state index contributed by atoms with van der Waals surface area (Å²) in [6, 6.07) is 18.8. The Hall–Kier alpha value is -3.51. The molecule has 0 aliphatic carbocycles. The van der Waals surface area contributed by atoms with Gasteiger partial charge in [-0.05, 0) is 30.5 Å². The summed E-state index contributed by atoms with van der Waals surface area (Å²) in [6.07, 6.45) is 0.680. The van der Waals surface area contributed by atoms with Crippen molar-refractivity contribution in [3.8, 4) is 5.75 Å². The first-order chi connectivity index (χ1) is 15.4. The Kier molecular flexibility index (Phi) is 6.06. The molecule has 0 spiro atoms. The highest BCUT2D eigenvalue weighted by Gasteiger charge is 2.39. The summed E-state index contributed by atoms with van der Waals surface area (Å²) >= 11 is 6.48. The summed E-state index contributed by atoms with van der Waals surface area (Å²) in [7, 11) is 1.26. The van der Waals surface area contributed by atoms with Gasteiger partial charge in [0.05, 0.1) is 18.6 Å². The van der Waals surface area contributed by atoms with Crippen LogP contribution in [0.5, 0.6) is 5.75 Å². The van der Waals surface area contributed by atoms with Crippen LogP contribution in [0.25, 0.3) is 0 Å². The van der Waals surface area contributed by atoms with Crippen LogP contribution in [0.15, 0.2) is 76.9 Å². The molecule has 6 nitrogen and oxygen atoms in total. The number of aromatic nitrogens is 1. The number of fused-ring (bicyclic) bond motifs is 1. The molecule has 2 heterocycles. The molecular weight excluding hydrogens is 428 g/mol. The van der Waals surface area contributed by atoms with Crippen molar-refractivity contribution < 1.29 is 14.3 Å². The molecule has 4 rings (SSSR count). The highest BCUT2D eigenvalue weighted by atomic mass is 35.5. The normalized spacial score (nSPS) is 15.2. The molecule has 2 aromatic carbocycles. The van der Waals surface area contributed by atoms with E-state index in [1.165, 1.54) is 7.11 Å². The van der Waals surface area contributed by atoms with Gasteiger partial charge in [0, 0.05) is 23.3 Å². The van der Waals surface area contributed by atoms with Gasteiger partial charge in [-0.25, -0.2) is 4.79 Å². The predicted octanol–water partition coefficient (Wildman–Crippen LogP) is 3.92. The first-order valence-electron chi connectivity index (χ1n) is 10.2. The largest absolute Gasteiger partial charge is 0.465 e. The molecular formula is C25H23ClN2O4. The smallest absolute Gasteiger partial charge is 0.340 e. The van der Waals surface area contributed by atoms with Crippen molar-refractivity contribution in [2.75, 3.05) is 7.11 Å². The summed E-state index contributed by atoms with van der Waals surface area (Å²) in [6.45, 7) is 2.32. The maximum Gasteiger partial charge on any atom is 0.340 e. The highest BCUT2D eigenvalue weighted by Crippen LogP contribution is 2.43. The van der Waals surface area contributed by atoms with Crippen LogP contribution >= 0.6 is 11.6 Å². The van der Waals surface area contributed by atoms with Gasteiger partial charge < -0.3 is 19.8 Å². The zero-order chi connectivity index (χ0) is 22.8. The van der Waals surface area contributed by atoms with Gasteiger partial charge >= 0.3 is 5.97 Å². The SMILES string of the molecule is COC(=O)C1=C(N)Oc2cc(C)n(CCc3ccccc3)c(=O)c2[C@@H]1c1ccccc1Cl. The minimum atomic E-state index is -0.809. The van der Waals surface area contributed by atoms with Crippen LogP contribution < -0.4 is 16.0 Å². The van der Waals surface area contributed by atoms with Crippen molar-refractivity contribution >= 4 is 17.6 Å². The maximum absolute atomic E-state index is 13.7. The molecule has 0 radical (unpaired) electrons. The molecule has 0 fully saturated rings. The Morgan fingerprint density at radius 2 is 1.84 bits per heavy atom. The van der Waals surface area contributed by atoms with E-state index in [-0.39, 0.29) is 17.0 Å². The molecule has 1 aliphatic heterocycles. The number of halogens is 1. The Bertz CT molecular complexity index is 1260. The molecule has 1 atom stereocenters. The van der Waals surface area contributed by atoms with E-state index in [9.17, 15) is 9.59 Å². The standard InChI is InChI=1S/C25H23ClN2O4/c1-15-14-19-21(24(29)28(15)13-12-16-8-4-3-5-9-16)20(17-10-6-7-11-18(17)26)22(23(27)32-19)25(30)31-2/h3-11,14,20H,12-13,27H2,1-2H3/t20-/m0/s1. The van der Waals surface area contributed by atoms with Crippen molar-refractivity contribution in [3.63, 3.8) is 0 Å². The van der Waals surface area contributed by atoms with Crippen LogP contribution in [0.4, 0.5) is 0 Å². The number of rotatable bonds is 5. The lowest BCUT2D eigenvalue weighted by Gasteiger charge is -2.29. The Morgan fingerprint density at radius 1 is 1.16 bits per heavy atom. The molecule has 0 unspecified atom stereocenters. The van der Waals surface area contributed by atoms with Gasteiger partial charge in [-0.15, -0.1) is 0 Å². The predicted molar refractivity (Wildman–Crippen MR) is 123 cm³/mol. The minimum absolute atomic E-state index is 0.0589. The van der Waals surface area contributed by atoms with Gasteiger partial charge in [0.15, 0.2) is 0 Å². The van der Waals surface area contributed by atoms with E-state index >= 15 is 0 Å². The number of carbonyl (C=O) groups excluding carboxylic acids is 1. The second kappa shape index (κ2) is 8.93. The Balaban J connectivity index is 1.88. The van der Waals surface area contributed by atoms with Crippen molar-refractivity contribution in [1.82, 2.24) is 4.57 Å². The quantitative estimate of drug-likeness (QED) is 0.595. The fourth-order valence-electron chi connectivity index (χ4n) is 4.08. The summed E-state index contributed by atoms with van der Waals surface area (Å²) in [5.74, 6) is -1.27. The maximum atomic E-state index is 13.7. The van der Waals surface area contributed by atoms with E-state index < -0.39 is 11.9 Å². The molecule has 164 valence electrons. The monoisotopic (exact) mass is 450 g/mol. The molecule has 7 heteroatoms. The van der Waals surface area contributed by atoms with E-state index in [0.717, 1.165) is 11.3 Å². The number of benzene rings is 2. The second-order valence-electron chi connectivity index (χ2n) is 7.58. The molecule has 32 heavy (non-hydrogen) atoms. The number of nitrogens with zero attached hydrogens (tertiary/aromatic N) is 1. The summed E-state index contributed by atoms with van der Waals surface area (Å²) in [5, 5.41) is 0.412. The lowest BCUT2D eigenvalue weighted by molar-refractivity contribution is -0.136. The Labute approximate surface area is 190 Å². The van der Waals surface area contributed by atoms with Gasteiger partial charge in [-0.1, -0.05) is 60.1 Å². The number of methoxy groups -OCH3 is 1. The van der Waals surface area contributed by atoms with E-state index in [0.29, 0.717) is 34.9 Å². The first kappa shape index (κ1) is 21.7. The number of aryl methyl sites for hydroxylation is 2. The fraction of sp³-hybridized carbons (Fsp3) is 0.200. The van der Waals surface area contributed by atoms with Crippen LogP contribution in [-0.4, -0.2) is 17.6 Å². The highest BCUT2D eigenvalue weighted by molar-refractivity contribution is 6.31. The summed E-state index contributed by atoms with van der Waals surface area (Å²) in [4.78, 5) is 26.4. The molecule has 0 amide bonds. The summed E-state index contributed by atoms with van der Waals surface area (Å²) in [5.41, 5.74) is 8.68. The third-order valence-corrected chi connectivity index (χ3v) is 6.00. The van der Waals surface area contributed by atoms with Crippen molar-refractivity contribution in [3.05, 3.63) is 110 Å². The lowest BCUT2D eigenvalue weighted by atomic mass is 9.83. The summed E-state index contributed by atoms with van der Waals surface area (Å²) < 4.78 is 12.4. The lowest BCUT2D eigenvalue weighted by Crippen LogP contribution is -2.35. The van der Waals surface area contributed by atoms with Gasteiger partial charge in [-0.3, -0.25) is 4.79 Å². The van der Waals surface area contributed by atoms with Crippen LogP contribution in [0, 0.1) is 6.92 Å². The topological polar surface area (TPSA) is 83.5 Å². The van der Waals surface area contributed by atoms with Crippen molar-refractivity contribution in [2.45, 2.75) is 25.8 Å². The molecule has 2 N–H and O–H groups in total. The van der Waals surface area contributed by atoms with E-state index in [1.54, 1.807) is 34.9 Å². The van der Waals surface area contributed by atoms with Crippen molar-refractivity contribution in [1.29, 1.82) is 0 Å². The number of esters is 1. The molecule has 0 saturated carbocycles. The molecule has 3 aromatic rings. The van der Waals surface area contributed by atoms with Gasteiger partial charge in [0.2, 0.25) is 5.88 Å². The minimum Gasteiger partial charge on any atom is -0.465 e. The zero-order valence-electron chi connectivity index (χ0n) is 17.8. The number of hydrogen-bond donors (Lipinski definition) is 1. The number of carbonyl (C=O) groups is 1. The fourth-order valence-corrected chi connectivity index (χ4v) is 4.32. The Morgan fingerprint density at radius 3 is 2.53 bits per heavy atom. The second-order valence-corrected chi connectivity index (χ2v) is 7.99. The average molecular weight is 451 g/mol. The number of hydrogen-bond acceptors (Lipinski definition) is 5. The third kappa shape index (κ3) is 3.89.